The molecule has 0 spiro atoms. The second kappa shape index (κ2) is 5.36. The number of benzene rings is 2. The van der Waals surface area contributed by atoms with E-state index in [-0.39, 0.29) is 23.7 Å². The van der Waals surface area contributed by atoms with Gasteiger partial charge in [-0.1, -0.05) is 36.4 Å². The zero-order chi connectivity index (χ0) is 13.0. The highest BCUT2D eigenvalue weighted by molar-refractivity contribution is 6.12. The number of phenolic OH excluding ortho intramolecular Hbond substituents is 1. The van der Waals surface area contributed by atoms with Crippen LogP contribution in [0.3, 0.4) is 0 Å². The summed E-state index contributed by atoms with van der Waals surface area (Å²) in [4.78, 5) is 12.3. The average Bonchev–Trinajstić information content (AvgIpc) is 2.40. The van der Waals surface area contributed by atoms with E-state index in [0.717, 1.165) is 0 Å². The number of carbonyl (C=O) groups excluding carboxylic acids is 1. The summed E-state index contributed by atoms with van der Waals surface area (Å²) < 4.78 is 5.27. The number of phenols is 1. The van der Waals surface area contributed by atoms with Gasteiger partial charge in [0.15, 0.2) is 0 Å². The Morgan fingerprint density at radius 2 is 1.83 bits per heavy atom. The molecular formula is C15H13O3. The first-order valence-corrected chi connectivity index (χ1v) is 5.58. The summed E-state index contributed by atoms with van der Waals surface area (Å²) in [6, 6.07) is 13.5. The first-order valence-electron chi connectivity index (χ1n) is 5.58. The lowest BCUT2D eigenvalue weighted by Crippen LogP contribution is -2.05. The lowest BCUT2D eigenvalue weighted by molar-refractivity contribution is 0.103. The van der Waals surface area contributed by atoms with Crippen LogP contribution in [0.25, 0.3) is 0 Å². The second-order valence-electron chi connectivity index (χ2n) is 3.69. The molecular weight excluding hydrogens is 228 g/mol. The molecule has 3 heteroatoms. The van der Waals surface area contributed by atoms with Gasteiger partial charge < -0.3 is 9.84 Å². The molecule has 0 saturated heterocycles. The Bertz CT molecular complexity index is 547. The molecule has 0 unspecified atom stereocenters. The maximum atomic E-state index is 12.3. The van der Waals surface area contributed by atoms with Gasteiger partial charge in [0.25, 0.3) is 0 Å². The van der Waals surface area contributed by atoms with Crippen molar-refractivity contribution in [3.63, 3.8) is 0 Å². The van der Waals surface area contributed by atoms with Crippen molar-refractivity contribution in [1.29, 1.82) is 0 Å². The van der Waals surface area contributed by atoms with Crippen molar-refractivity contribution in [2.45, 2.75) is 0 Å². The fourth-order valence-electron chi connectivity index (χ4n) is 1.71. The predicted molar refractivity (Wildman–Crippen MR) is 68.8 cm³/mol. The molecule has 0 aromatic heterocycles. The van der Waals surface area contributed by atoms with Gasteiger partial charge in [-0.2, -0.15) is 0 Å². The highest BCUT2D eigenvalue weighted by atomic mass is 16.5. The van der Waals surface area contributed by atoms with Crippen LogP contribution in [0.1, 0.15) is 15.9 Å². The van der Waals surface area contributed by atoms with Crippen LogP contribution in [0.4, 0.5) is 0 Å². The van der Waals surface area contributed by atoms with Gasteiger partial charge in [0.05, 0.1) is 6.61 Å². The summed E-state index contributed by atoms with van der Waals surface area (Å²) in [6.45, 7) is 3.76. The first-order chi connectivity index (χ1) is 8.74. The van der Waals surface area contributed by atoms with Crippen molar-refractivity contribution in [3.8, 4) is 11.5 Å². The summed E-state index contributed by atoms with van der Waals surface area (Å²) in [7, 11) is 0. The SMILES string of the molecule is [CH2]COc1cccc(O)c1C(=O)c1ccccc1. The molecule has 0 aliphatic heterocycles. The van der Waals surface area contributed by atoms with E-state index in [1.54, 1.807) is 36.4 Å². The molecule has 1 N–H and O–H groups in total. The second-order valence-corrected chi connectivity index (χ2v) is 3.69. The van der Waals surface area contributed by atoms with Crippen LogP contribution in [0, 0.1) is 6.92 Å². The Morgan fingerprint density at radius 3 is 2.50 bits per heavy atom. The summed E-state index contributed by atoms with van der Waals surface area (Å²) in [5.74, 6) is -0.00851. The van der Waals surface area contributed by atoms with E-state index in [1.165, 1.54) is 6.07 Å². The highest BCUT2D eigenvalue weighted by Gasteiger charge is 2.18. The third-order valence-electron chi connectivity index (χ3n) is 2.52. The Kier molecular flexibility index (Phi) is 3.63. The molecule has 0 atom stereocenters. The third-order valence-corrected chi connectivity index (χ3v) is 2.52. The molecule has 0 aliphatic carbocycles. The van der Waals surface area contributed by atoms with Gasteiger partial charge >= 0.3 is 0 Å². The van der Waals surface area contributed by atoms with Crippen LogP contribution < -0.4 is 4.74 Å². The zero-order valence-electron chi connectivity index (χ0n) is 9.80. The number of rotatable bonds is 4. The molecule has 0 aliphatic rings. The average molecular weight is 241 g/mol. The Morgan fingerprint density at radius 1 is 1.11 bits per heavy atom. The van der Waals surface area contributed by atoms with Crippen molar-refractivity contribution in [2.24, 2.45) is 0 Å². The van der Waals surface area contributed by atoms with Gasteiger partial charge in [0, 0.05) is 5.56 Å². The number of hydrogen-bond acceptors (Lipinski definition) is 3. The minimum Gasteiger partial charge on any atom is -0.507 e. The van der Waals surface area contributed by atoms with Gasteiger partial charge in [0.2, 0.25) is 5.78 Å². The summed E-state index contributed by atoms with van der Waals surface area (Å²) in [5.41, 5.74) is 0.681. The highest BCUT2D eigenvalue weighted by Crippen LogP contribution is 2.29. The molecule has 2 aromatic rings. The number of hydrogen-bond donors (Lipinski definition) is 1. The first kappa shape index (κ1) is 12.2. The molecule has 3 nitrogen and oxygen atoms in total. The van der Waals surface area contributed by atoms with E-state index in [0.29, 0.717) is 11.3 Å². The fraction of sp³-hybridized carbons (Fsp3) is 0.0667. The van der Waals surface area contributed by atoms with Crippen molar-refractivity contribution in [1.82, 2.24) is 0 Å². The summed E-state index contributed by atoms with van der Waals surface area (Å²) >= 11 is 0. The van der Waals surface area contributed by atoms with Crippen LogP contribution in [-0.2, 0) is 0 Å². The summed E-state index contributed by atoms with van der Waals surface area (Å²) in [6.07, 6.45) is 0. The van der Waals surface area contributed by atoms with Crippen molar-refractivity contribution in [2.75, 3.05) is 6.61 Å². The van der Waals surface area contributed by atoms with Gasteiger partial charge in [-0.3, -0.25) is 4.79 Å². The van der Waals surface area contributed by atoms with E-state index in [2.05, 4.69) is 6.92 Å². The van der Waals surface area contributed by atoms with Gasteiger partial charge in [-0.15, -0.1) is 0 Å². The van der Waals surface area contributed by atoms with Crippen LogP contribution >= 0.6 is 0 Å². The van der Waals surface area contributed by atoms with E-state index in [4.69, 9.17) is 4.74 Å². The molecule has 2 rings (SSSR count). The number of aromatic hydroxyl groups is 1. The van der Waals surface area contributed by atoms with E-state index < -0.39 is 0 Å². The van der Waals surface area contributed by atoms with E-state index in [9.17, 15) is 9.90 Å². The van der Waals surface area contributed by atoms with Crippen LogP contribution in [0.5, 0.6) is 11.5 Å². The molecule has 2 aromatic carbocycles. The molecule has 0 fully saturated rings. The maximum absolute atomic E-state index is 12.3. The lowest BCUT2D eigenvalue weighted by atomic mass is 10.0. The molecule has 0 amide bonds. The maximum Gasteiger partial charge on any atom is 0.200 e. The molecule has 0 heterocycles. The monoisotopic (exact) mass is 241 g/mol. The summed E-state index contributed by atoms with van der Waals surface area (Å²) in [5, 5.41) is 9.83. The molecule has 0 saturated carbocycles. The third kappa shape index (κ3) is 2.35. The fourth-order valence-corrected chi connectivity index (χ4v) is 1.71. The van der Waals surface area contributed by atoms with Gasteiger partial charge in [-0.05, 0) is 19.1 Å². The van der Waals surface area contributed by atoms with Crippen LogP contribution in [-0.4, -0.2) is 17.5 Å². The van der Waals surface area contributed by atoms with E-state index >= 15 is 0 Å². The van der Waals surface area contributed by atoms with Gasteiger partial charge in [0.1, 0.15) is 17.1 Å². The van der Waals surface area contributed by atoms with Crippen molar-refractivity contribution >= 4 is 5.78 Å². The minimum atomic E-state index is -0.267. The molecule has 18 heavy (non-hydrogen) atoms. The molecule has 0 bridgehead atoms. The predicted octanol–water partition coefficient (Wildman–Crippen LogP) is 2.84. The number of ketones is 1. The molecule has 1 radical (unpaired) electrons. The van der Waals surface area contributed by atoms with Gasteiger partial charge in [-0.25, -0.2) is 0 Å². The quantitative estimate of drug-likeness (QED) is 0.837. The smallest absolute Gasteiger partial charge is 0.200 e. The topological polar surface area (TPSA) is 46.5 Å². The van der Waals surface area contributed by atoms with Crippen LogP contribution in [0.2, 0.25) is 0 Å². The molecule has 91 valence electrons. The minimum absolute atomic E-state index is 0.0881. The van der Waals surface area contributed by atoms with Crippen LogP contribution in [0.15, 0.2) is 48.5 Å². The number of ether oxygens (including phenoxy) is 1. The Labute approximate surface area is 106 Å². The standard InChI is InChI=1S/C15H13O3/c1-2-18-13-10-6-9-12(16)14(13)15(17)11-7-4-3-5-8-11/h3-10,16H,1-2H2. The normalized spacial score (nSPS) is 10.1. The number of carbonyl (C=O) groups is 1. The van der Waals surface area contributed by atoms with Crippen molar-refractivity contribution in [3.05, 3.63) is 66.6 Å². The van der Waals surface area contributed by atoms with E-state index in [1.807, 2.05) is 6.07 Å². The Balaban J connectivity index is 2.47. The lowest BCUT2D eigenvalue weighted by Gasteiger charge is -2.10. The Hall–Kier alpha value is -2.29. The largest absolute Gasteiger partial charge is 0.507 e. The van der Waals surface area contributed by atoms with Crippen molar-refractivity contribution < 1.29 is 14.6 Å². The zero-order valence-corrected chi connectivity index (χ0v) is 9.80.